The number of carboxylic acid groups (broad SMARTS) is 1. The minimum atomic E-state index is -1.34. The van der Waals surface area contributed by atoms with Crippen LogP contribution in [-0.4, -0.2) is 26.4 Å². The van der Waals surface area contributed by atoms with Crippen molar-refractivity contribution in [1.29, 1.82) is 0 Å². The number of aromatic carboxylic acids is 1. The van der Waals surface area contributed by atoms with Gasteiger partial charge in [0.05, 0.1) is 5.39 Å². The molecule has 0 amide bonds. The van der Waals surface area contributed by atoms with Gasteiger partial charge in [-0.2, -0.15) is 0 Å². The molecule has 0 fully saturated rings. The van der Waals surface area contributed by atoms with Gasteiger partial charge in [0.2, 0.25) is 5.43 Å². The summed E-state index contributed by atoms with van der Waals surface area (Å²) in [5.41, 5.74) is -1.32. The zero-order valence-corrected chi connectivity index (χ0v) is 13.6. The van der Waals surface area contributed by atoms with E-state index in [9.17, 15) is 19.1 Å². The molecule has 2 heterocycles. The highest BCUT2D eigenvalue weighted by Crippen LogP contribution is 2.25. The molecule has 118 valence electrons. The zero-order valence-electron chi connectivity index (χ0n) is 12.8. The first-order valence-corrected chi connectivity index (χ1v) is 7.77. The molecule has 22 heavy (non-hydrogen) atoms. The number of pyridine rings is 2. The second-order valence-corrected chi connectivity index (χ2v) is 7.05. The molecule has 2 aromatic heterocycles. The molecule has 0 aromatic carbocycles. The number of carboxylic acids is 1. The Morgan fingerprint density at radius 1 is 1.45 bits per heavy atom. The predicted molar refractivity (Wildman–Crippen MR) is 84.3 cm³/mol. The Kier molecular flexibility index (Phi) is 4.28. The average Bonchev–Trinajstić information content (AvgIpc) is 2.39. The molecule has 0 bridgehead atoms. The van der Waals surface area contributed by atoms with Gasteiger partial charge in [0.15, 0.2) is 5.82 Å². The summed E-state index contributed by atoms with van der Waals surface area (Å²) >= 11 is 1.23. The van der Waals surface area contributed by atoms with Crippen LogP contribution >= 0.6 is 11.8 Å². The quantitative estimate of drug-likeness (QED) is 0.878. The topological polar surface area (TPSA) is 72.2 Å². The minimum Gasteiger partial charge on any atom is -0.477 e. The van der Waals surface area contributed by atoms with Crippen LogP contribution in [0.1, 0.15) is 38.1 Å². The third-order valence-corrected chi connectivity index (χ3v) is 3.98. The number of carbonyl (C=O) groups is 1. The van der Waals surface area contributed by atoms with Crippen molar-refractivity contribution in [2.45, 2.75) is 38.3 Å². The highest BCUT2D eigenvalue weighted by molar-refractivity contribution is 7.99. The lowest BCUT2D eigenvalue weighted by molar-refractivity contribution is 0.0694. The maximum absolute atomic E-state index is 14.1. The molecule has 0 aliphatic heterocycles. The number of thioether (sulfide) groups is 1. The first-order chi connectivity index (χ1) is 10.2. The molecule has 7 heteroatoms. The highest BCUT2D eigenvalue weighted by atomic mass is 32.2. The van der Waals surface area contributed by atoms with Gasteiger partial charge in [0.25, 0.3) is 0 Å². The molecule has 0 aliphatic carbocycles. The van der Waals surface area contributed by atoms with Crippen LogP contribution < -0.4 is 5.43 Å². The van der Waals surface area contributed by atoms with Crippen LogP contribution in [0.2, 0.25) is 0 Å². The number of aromatic nitrogens is 2. The molecule has 2 aromatic rings. The van der Waals surface area contributed by atoms with Crippen molar-refractivity contribution in [3.63, 3.8) is 0 Å². The van der Waals surface area contributed by atoms with E-state index in [0.29, 0.717) is 11.4 Å². The fraction of sp³-hybridized carbons (Fsp3) is 0.400. The largest absolute Gasteiger partial charge is 0.477 e. The monoisotopic (exact) mass is 324 g/mol. The third kappa shape index (κ3) is 2.85. The Hall–Kier alpha value is -1.89. The second kappa shape index (κ2) is 5.72. The molecule has 0 spiro atoms. The van der Waals surface area contributed by atoms with Crippen LogP contribution in [0.5, 0.6) is 0 Å². The van der Waals surface area contributed by atoms with Gasteiger partial charge < -0.3 is 9.67 Å². The molecule has 0 atom stereocenters. The molecule has 0 radical (unpaired) electrons. The van der Waals surface area contributed by atoms with Crippen molar-refractivity contribution < 1.29 is 14.3 Å². The van der Waals surface area contributed by atoms with Gasteiger partial charge in [0.1, 0.15) is 16.2 Å². The van der Waals surface area contributed by atoms with Crippen molar-refractivity contribution in [3.05, 3.63) is 33.9 Å². The Labute approximate surface area is 131 Å². The number of fused-ring (bicyclic) bond motifs is 1. The molecule has 0 saturated heterocycles. The highest BCUT2D eigenvalue weighted by Gasteiger charge is 2.23. The number of hydrogen-bond acceptors (Lipinski definition) is 4. The van der Waals surface area contributed by atoms with Crippen LogP contribution in [0.15, 0.2) is 22.1 Å². The molecular weight excluding hydrogens is 307 g/mol. The predicted octanol–water partition coefficient (Wildman–Crippen LogP) is 3.10. The standard InChI is InChI=1S/C15H17FN2O3S/c1-5-22-13-10(16)6-8-11(19)9(14(20)21)7-18(12(8)17-13)15(2,3)4/h6-7H,5H2,1-4H3,(H,20,21). The van der Waals surface area contributed by atoms with Crippen molar-refractivity contribution in [3.8, 4) is 0 Å². The maximum atomic E-state index is 14.1. The van der Waals surface area contributed by atoms with E-state index in [4.69, 9.17) is 0 Å². The van der Waals surface area contributed by atoms with Crippen LogP contribution in [0.3, 0.4) is 0 Å². The molecule has 2 rings (SSSR count). The summed E-state index contributed by atoms with van der Waals surface area (Å²) in [4.78, 5) is 27.8. The molecule has 0 saturated carbocycles. The van der Waals surface area contributed by atoms with Crippen molar-refractivity contribution >= 4 is 28.8 Å². The van der Waals surface area contributed by atoms with Crippen LogP contribution in [-0.2, 0) is 5.54 Å². The number of rotatable bonds is 3. The van der Waals surface area contributed by atoms with E-state index in [2.05, 4.69) is 4.98 Å². The van der Waals surface area contributed by atoms with E-state index >= 15 is 0 Å². The van der Waals surface area contributed by atoms with Gasteiger partial charge >= 0.3 is 5.97 Å². The van der Waals surface area contributed by atoms with Crippen LogP contribution in [0.4, 0.5) is 4.39 Å². The lowest BCUT2D eigenvalue weighted by atomic mass is 10.1. The van der Waals surface area contributed by atoms with Crippen molar-refractivity contribution in [2.24, 2.45) is 0 Å². The minimum absolute atomic E-state index is 0.0206. The molecule has 1 N–H and O–H groups in total. The summed E-state index contributed by atoms with van der Waals surface area (Å²) in [6.07, 6.45) is 1.28. The van der Waals surface area contributed by atoms with E-state index < -0.39 is 22.8 Å². The van der Waals surface area contributed by atoms with Crippen LogP contribution in [0.25, 0.3) is 11.0 Å². The van der Waals surface area contributed by atoms with Crippen LogP contribution in [0, 0.1) is 5.82 Å². The van der Waals surface area contributed by atoms with E-state index in [-0.39, 0.29) is 16.0 Å². The van der Waals surface area contributed by atoms with E-state index in [1.54, 1.807) is 4.57 Å². The summed E-state index contributed by atoms with van der Waals surface area (Å²) in [5, 5.41) is 9.38. The van der Waals surface area contributed by atoms with E-state index in [1.807, 2.05) is 27.7 Å². The Morgan fingerprint density at radius 2 is 2.09 bits per heavy atom. The summed E-state index contributed by atoms with van der Waals surface area (Å²) in [5.74, 6) is -1.31. The van der Waals surface area contributed by atoms with Crippen molar-refractivity contribution in [1.82, 2.24) is 9.55 Å². The Morgan fingerprint density at radius 3 is 2.59 bits per heavy atom. The summed E-state index contributed by atoms with van der Waals surface area (Å²) in [6, 6.07) is 1.08. The van der Waals surface area contributed by atoms with Gasteiger partial charge in [-0.25, -0.2) is 14.2 Å². The van der Waals surface area contributed by atoms with Gasteiger partial charge in [0, 0.05) is 11.7 Å². The normalized spacial score (nSPS) is 11.9. The number of halogens is 1. The smallest absolute Gasteiger partial charge is 0.341 e. The fourth-order valence-electron chi connectivity index (χ4n) is 2.11. The Bertz CT molecular complexity index is 809. The molecule has 0 aliphatic rings. The summed E-state index contributed by atoms with van der Waals surface area (Å²) in [6.45, 7) is 7.46. The molecule has 5 nitrogen and oxygen atoms in total. The van der Waals surface area contributed by atoms with Gasteiger partial charge in [-0.05, 0) is 32.6 Å². The lowest BCUT2D eigenvalue weighted by Crippen LogP contribution is -2.28. The average molecular weight is 324 g/mol. The third-order valence-electron chi connectivity index (χ3n) is 3.13. The van der Waals surface area contributed by atoms with Gasteiger partial charge in [-0.15, -0.1) is 11.8 Å². The first-order valence-electron chi connectivity index (χ1n) is 6.79. The maximum Gasteiger partial charge on any atom is 0.341 e. The summed E-state index contributed by atoms with van der Waals surface area (Å²) in [7, 11) is 0. The van der Waals surface area contributed by atoms with Crippen molar-refractivity contribution in [2.75, 3.05) is 5.75 Å². The number of nitrogens with zero attached hydrogens (tertiary/aromatic N) is 2. The molecular formula is C15H17FN2O3S. The first kappa shape index (κ1) is 16.5. The SMILES string of the molecule is CCSc1nc2c(cc1F)c(=O)c(C(=O)O)cn2C(C)(C)C. The zero-order chi connectivity index (χ0) is 16.7. The second-order valence-electron chi connectivity index (χ2n) is 5.80. The molecule has 0 unspecified atom stereocenters. The van der Waals surface area contributed by atoms with Gasteiger partial charge in [-0.1, -0.05) is 6.92 Å². The summed E-state index contributed by atoms with van der Waals surface area (Å²) < 4.78 is 15.7. The Balaban J connectivity index is 2.96. The lowest BCUT2D eigenvalue weighted by Gasteiger charge is -2.25. The fourth-order valence-corrected chi connectivity index (χ4v) is 2.73. The van der Waals surface area contributed by atoms with E-state index in [0.717, 1.165) is 6.07 Å². The number of hydrogen-bond donors (Lipinski definition) is 1. The van der Waals surface area contributed by atoms with Gasteiger partial charge in [-0.3, -0.25) is 4.79 Å². The van der Waals surface area contributed by atoms with E-state index in [1.165, 1.54) is 18.0 Å².